The molecule has 3 nitrogen and oxygen atoms in total. The van der Waals surface area contributed by atoms with Gasteiger partial charge in [0, 0.05) is 11.9 Å². The van der Waals surface area contributed by atoms with E-state index in [0.717, 1.165) is 24.5 Å². The lowest BCUT2D eigenvalue weighted by Crippen LogP contribution is -2.17. The van der Waals surface area contributed by atoms with E-state index in [1.54, 1.807) is 0 Å². The van der Waals surface area contributed by atoms with Crippen LogP contribution in [0.15, 0.2) is 42.6 Å². The molecule has 1 atom stereocenters. The average molecular weight is 270 g/mol. The predicted molar refractivity (Wildman–Crippen MR) is 82.1 cm³/mol. The zero-order valence-electron chi connectivity index (χ0n) is 12.4. The van der Waals surface area contributed by atoms with Crippen LogP contribution < -0.4 is 10.1 Å². The lowest BCUT2D eigenvalue weighted by atomic mass is 10.00. The van der Waals surface area contributed by atoms with Crippen molar-refractivity contribution < 1.29 is 4.74 Å². The number of hydrogen-bond acceptors (Lipinski definition) is 3. The second-order valence-corrected chi connectivity index (χ2v) is 4.87. The molecule has 0 bridgehead atoms. The van der Waals surface area contributed by atoms with Crippen molar-refractivity contribution in [2.24, 2.45) is 0 Å². The zero-order chi connectivity index (χ0) is 14.4. The molecule has 2 aromatic rings. The summed E-state index contributed by atoms with van der Waals surface area (Å²) in [5.41, 5.74) is 3.41. The number of aryl methyl sites for hydroxylation is 1. The Hall–Kier alpha value is -1.87. The first-order valence-corrected chi connectivity index (χ1v) is 7.07. The van der Waals surface area contributed by atoms with Gasteiger partial charge in [-0.2, -0.15) is 0 Å². The maximum atomic E-state index is 5.61. The summed E-state index contributed by atoms with van der Waals surface area (Å²) in [5, 5.41) is 3.34. The van der Waals surface area contributed by atoms with Crippen LogP contribution in [0.2, 0.25) is 0 Å². The molecule has 1 heterocycles. The minimum absolute atomic E-state index is 0.156. The van der Waals surface area contributed by atoms with Crippen molar-refractivity contribution in [2.45, 2.75) is 26.3 Å². The minimum Gasteiger partial charge on any atom is -0.494 e. The predicted octanol–water partition coefficient (Wildman–Crippen LogP) is 3.49. The second-order valence-electron chi connectivity index (χ2n) is 4.87. The van der Waals surface area contributed by atoms with Crippen LogP contribution in [-0.4, -0.2) is 18.6 Å². The second kappa shape index (κ2) is 7.06. The molecule has 0 aliphatic heterocycles. The van der Waals surface area contributed by atoms with Gasteiger partial charge in [0.1, 0.15) is 5.75 Å². The summed E-state index contributed by atoms with van der Waals surface area (Å²) in [6, 6.07) is 12.6. The molecule has 2 rings (SSSR count). The Morgan fingerprint density at radius 2 is 1.80 bits per heavy atom. The fourth-order valence-corrected chi connectivity index (χ4v) is 2.15. The molecule has 0 aliphatic rings. The van der Waals surface area contributed by atoms with Crippen LogP contribution >= 0.6 is 0 Å². The molecule has 106 valence electrons. The van der Waals surface area contributed by atoms with Crippen LogP contribution in [0.5, 0.6) is 5.75 Å². The molecule has 1 N–H and O–H groups in total. The fraction of sp³-hybridized carbons (Fsp3) is 0.353. The molecule has 0 saturated carbocycles. The summed E-state index contributed by atoms with van der Waals surface area (Å²) >= 11 is 0. The monoisotopic (exact) mass is 270 g/mol. The fourth-order valence-electron chi connectivity index (χ4n) is 2.15. The number of nitrogens with zero attached hydrogens (tertiary/aromatic N) is 1. The maximum Gasteiger partial charge on any atom is 0.119 e. The normalized spacial score (nSPS) is 12.2. The van der Waals surface area contributed by atoms with Crippen molar-refractivity contribution >= 4 is 0 Å². The van der Waals surface area contributed by atoms with Crippen LogP contribution in [0.1, 0.15) is 36.2 Å². The van der Waals surface area contributed by atoms with Crippen LogP contribution in [0.4, 0.5) is 0 Å². The largest absolute Gasteiger partial charge is 0.494 e. The van der Waals surface area contributed by atoms with Crippen LogP contribution in [-0.2, 0) is 0 Å². The van der Waals surface area contributed by atoms with Gasteiger partial charge in [0.15, 0.2) is 0 Å². The Kier molecular flexibility index (Phi) is 5.13. The summed E-state index contributed by atoms with van der Waals surface area (Å²) in [5.74, 6) is 0.924. The van der Waals surface area contributed by atoms with E-state index in [1.807, 2.05) is 38.4 Å². The molecule has 3 heteroatoms. The van der Waals surface area contributed by atoms with Gasteiger partial charge in [0.25, 0.3) is 0 Å². The van der Waals surface area contributed by atoms with Gasteiger partial charge in [-0.15, -0.1) is 0 Å². The Bertz CT molecular complexity index is 520. The van der Waals surface area contributed by atoms with Gasteiger partial charge >= 0.3 is 0 Å². The van der Waals surface area contributed by atoms with E-state index < -0.39 is 0 Å². The third kappa shape index (κ3) is 3.58. The van der Waals surface area contributed by atoms with Gasteiger partial charge in [-0.05, 0) is 49.7 Å². The maximum absolute atomic E-state index is 5.61. The van der Waals surface area contributed by atoms with Crippen molar-refractivity contribution in [1.29, 1.82) is 0 Å². The summed E-state index contributed by atoms with van der Waals surface area (Å²) in [6.07, 6.45) is 2.95. The van der Waals surface area contributed by atoms with E-state index in [4.69, 9.17) is 4.74 Å². The number of aromatic nitrogens is 1. The van der Waals surface area contributed by atoms with Crippen molar-refractivity contribution in [3.63, 3.8) is 0 Å². The Labute approximate surface area is 121 Å². The van der Waals surface area contributed by atoms with Gasteiger partial charge in [-0.3, -0.25) is 4.98 Å². The molecule has 0 fully saturated rings. The Morgan fingerprint density at radius 1 is 1.10 bits per heavy atom. The summed E-state index contributed by atoms with van der Waals surface area (Å²) in [7, 11) is 1.96. The van der Waals surface area contributed by atoms with E-state index >= 15 is 0 Å². The standard InChI is InChI=1S/C17H22N2O/c1-4-11-20-16-9-7-14(8-10-16)17(18-3)15-6-5-13(2)19-12-15/h5-10,12,17-18H,4,11H2,1-3H3. The lowest BCUT2D eigenvalue weighted by molar-refractivity contribution is 0.317. The Balaban J connectivity index is 2.17. The number of nitrogens with one attached hydrogen (secondary N) is 1. The van der Waals surface area contributed by atoms with E-state index in [2.05, 4.69) is 35.4 Å². The highest BCUT2D eigenvalue weighted by Crippen LogP contribution is 2.23. The van der Waals surface area contributed by atoms with Crippen LogP contribution in [0.3, 0.4) is 0 Å². The summed E-state index contributed by atoms with van der Waals surface area (Å²) in [4.78, 5) is 4.37. The molecule has 0 spiro atoms. The lowest BCUT2D eigenvalue weighted by Gasteiger charge is -2.17. The Morgan fingerprint density at radius 3 is 2.35 bits per heavy atom. The van der Waals surface area contributed by atoms with E-state index in [0.29, 0.717) is 0 Å². The summed E-state index contributed by atoms with van der Waals surface area (Å²) in [6.45, 7) is 4.87. The number of ether oxygens (including phenoxy) is 1. The molecule has 1 aromatic carbocycles. The number of rotatable bonds is 6. The SMILES string of the molecule is CCCOc1ccc(C(NC)c2ccc(C)nc2)cc1. The molecule has 0 aliphatic carbocycles. The number of pyridine rings is 1. The molecule has 0 amide bonds. The molecular weight excluding hydrogens is 248 g/mol. The van der Waals surface area contributed by atoms with E-state index in [-0.39, 0.29) is 6.04 Å². The number of benzene rings is 1. The quantitative estimate of drug-likeness (QED) is 0.872. The van der Waals surface area contributed by atoms with E-state index in [9.17, 15) is 0 Å². The topological polar surface area (TPSA) is 34.1 Å². The van der Waals surface area contributed by atoms with Crippen molar-refractivity contribution in [1.82, 2.24) is 10.3 Å². The first-order valence-electron chi connectivity index (χ1n) is 7.07. The number of hydrogen-bond donors (Lipinski definition) is 1. The van der Waals surface area contributed by atoms with Crippen LogP contribution in [0.25, 0.3) is 0 Å². The first-order chi connectivity index (χ1) is 9.74. The average Bonchev–Trinajstić information content (AvgIpc) is 2.49. The van der Waals surface area contributed by atoms with Gasteiger partial charge < -0.3 is 10.1 Å². The minimum atomic E-state index is 0.156. The van der Waals surface area contributed by atoms with Crippen molar-refractivity contribution in [3.05, 3.63) is 59.4 Å². The van der Waals surface area contributed by atoms with Crippen molar-refractivity contribution in [2.75, 3.05) is 13.7 Å². The smallest absolute Gasteiger partial charge is 0.119 e. The molecular formula is C17H22N2O. The molecule has 1 unspecified atom stereocenters. The molecule has 0 radical (unpaired) electrons. The highest BCUT2D eigenvalue weighted by molar-refractivity contribution is 5.34. The van der Waals surface area contributed by atoms with Gasteiger partial charge in [0.05, 0.1) is 12.6 Å². The van der Waals surface area contributed by atoms with Gasteiger partial charge in [-0.25, -0.2) is 0 Å². The summed E-state index contributed by atoms with van der Waals surface area (Å²) < 4.78 is 5.61. The van der Waals surface area contributed by atoms with Gasteiger partial charge in [0.2, 0.25) is 0 Å². The first kappa shape index (κ1) is 14.5. The molecule has 20 heavy (non-hydrogen) atoms. The van der Waals surface area contributed by atoms with E-state index in [1.165, 1.54) is 11.1 Å². The van der Waals surface area contributed by atoms with Crippen molar-refractivity contribution in [3.8, 4) is 5.75 Å². The highest BCUT2D eigenvalue weighted by atomic mass is 16.5. The zero-order valence-corrected chi connectivity index (χ0v) is 12.4. The van der Waals surface area contributed by atoms with Gasteiger partial charge in [-0.1, -0.05) is 25.1 Å². The van der Waals surface area contributed by atoms with Crippen LogP contribution in [0, 0.1) is 6.92 Å². The highest BCUT2D eigenvalue weighted by Gasteiger charge is 2.12. The molecule has 0 saturated heterocycles. The molecule has 1 aromatic heterocycles. The third-order valence-corrected chi connectivity index (χ3v) is 3.24. The third-order valence-electron chi connectivity index (χ3n) is 3.24.